The lowest BCUT2D eigenvalue weighted by Crippen LogP contribution is -2.47. The Labute approximate surface area is 161 Å². The third-order valence-electron chi connectivity index (χ3n) is 4.86. The highest BCUT2D eigenvalue weighted by atomic mass is 16.1. The van der Waals surface area contributed by atoms with Gasteiger partial charge in [0, 0.05) is 44.5 Å². The van der Waals surface area contributed by atoms with Gasteiger partial charge in [0.2, 0.25) is 0 Å². The highest BCUT2D eigenvalue weighted by Gasteiger charge is 2.19. The molecular formula is C21H29N5O. The number of rotatable bonds is 6. The van der Waals surface area contributed by atoms with Crippen LogP contribution in [0.15, 0.2) is 36.7 Å². The van der Waals surface area contributed by atoms with Crippen molar-refractivity contribution in [2.24, 2.45) is 5.92 Å². The Morgan fingerprint density at radius 1 is 1.11 bits per heavy atom. The van der Waals surface area contributed by atoms with Crippen LogP contribution in [0, 0.1) is 12.8 Å². The third kappa shape index (κ3) is 5.18. The summed E-state index contributed by atoms with van der Waals surface area (Å²) in [5.74, 6) is 1.26. The van der Waals surface area contributed by atoms with Crippen LogP contribution >= 0.6 is 0 Å². The maximum absolute atomic E-state index is 12.3. The second kappa shape index (κ2) is 8.84. The molecule has 1 aliphatic rings. The highest BCUT2D eigenvalue weighted by molar-refractivity contribution is 5.92. The van der Waals surface area contributed by atoms with Gasteiger partial charge in [-0.05, 0) is 37.0 Å². The van der Waals surface area contributed by atoms with Crippen molar-refractivity contribution in [3.05, 3.63) is 47.9 Å². The van der Waals surface area contributed by atoms with E-state index in [0.717, 1.165) is 38.4 Å². The van der Waals surface area contributed by atoms with E-state index in [0.29, 0.717) is 18.2 Å². The maximum Gasteiger partial charge on any atom is 0.270 e. The second-order valence-electron chi connectivity index (χ2n) is 7.51. The van der Waals surface area contributed by atoms with E-state index >= 15 is 0 Å². The predicted octanol–water partition coefficient (Wildman–Crippen LogP) is 2.89. The van der Waals surface area contributed by atoms with E-state index in [2.05, 4.69) is 70.1 Å². The van der Waals surface area contributed by atoms with Crippen molar-refractivity contribution in [3.8, 4) is 0 Å². The van der Waals surface area contributed by atoms with Gasteiger partial charge in [0.15, 0.2) is 0 Å². The Kier molecular flexibility index (Phi) is 6.27. The van der Waals surface area contributed by atoms with Crippen LogP contribution in [0.4, 0.5) is 11.5 Å². The topological polar surface area (TPSA) is 61.4 Å². The lowest BCUT2D eigenvalue weighted by atomic mass is 10.1. The summed E-state index contributed by atoms with van der Waals surface area (Å²) >= 11 is 0. The Morgan fingerprint density at radius 2 is 1.85 bits per heavy atom. The van der Waals surface area contributed by atoms with Gasteiger partial charge in [-0.1, -0.05) is 26.0 Å². The summed E-state index contributed by atoms with van der Waals surface area (Å²) in [4.78, 5) is 25.4. The Morgan fingerprint density at radius 3 is 2.56 bits per heavy atom. The van der Waals surface area contributed by atoms with Crippen LogP contribution in [-0.2, 0) is 0 Å². The number of piperazine rings is 1. The first kappa shape index (κ1) is 19.1. The van der Waals surface area contributed by atoms with Crippen LogP contribution in [0.1, 0.15) is 36.3 Å². The molecule has 27 heavy (non-hydrogen) atoms. The number of aromatic nitrogens is 2. The monoisotopic (exact) mass is 367 g/mol. The van der Waals surface area contributed by atoms with Gasteiger partial charge in [-0.2, -0.15) is 0 Å². The molecule has 1 fully saturated rings. The van der Waals surface area contributed by atoms with Gasteiger partial charge in [-0.15, -0.1) is 0 Å². The first-order valence-corrected chi connectivity index (χ1v) is 9.70. The van der Waals surface area contributed by atoms with Gasteiger partial charge >= 0.3 is 0 Å². The van der Waals surface area contributed by atoms with Crippen molar-refractivity contribution in [1.29, 1.82) is 0 Å². The quantitative estimate of drug-likeness (QED) is 0.851. The molecule has 1 aliphatic heterocycles. The summed E-state index contributed by atoms with van der Waals surface area (Å²) in [5.41, 5.74) is 2.98. The molecule has 144 valence electrons. The van der Waals surface area contributed by atoms with Gasteiger partial charge in [0.05, 0.1) is 0 Å². The van der Waals surface area contributed by atoms with E-state index in [1.165, 1.54) is 17.6 Å². The van der Waals surface area contributed by atoms with E-state index in [1.807, 2.05) is 0 Å². The number of hydrogen-bond acceptors (Lipinski definition) is 5. The molecule has 1 aromatic carbocycles. The van der Waals surface area contributed by atoms with E-state index in [4.69, 9.17) is 0 Å². The van der Waals surface area contributed by atoms with Crippen molar-refractivity contribution in [3.63, 3.8) is 0 Å². The maximum atomic E-state index is 12.3. The minimum Gasteiger partial charge on any atom is -0.368 e. The smallest absolute Gasteiger partial charge is 0.270 e. The molecule has 1 amide bonds. The predicted molar refractivity (Wildman–Crippen MR) is 109 cm³/mol. The average molecular weight is 367 g/mol. The zero-order chi connectivity index (χ0) is 19.2. The van der Waals surface area contributed by atoms with E-state index in [-0.39, 0.29) is 5.91 Å². The van der Waals surface area contributed by atoms with Crippen LogP contribution < -0.4 is 15.1 Å². The van der Waals surface area contributed by atoms with Crippen molar-refractivity contribution >= 4 is 17.4 Å². The van der Waals surface area contributed by atoms with Gasteiger partial charge in [0.1, 0.15) is 17.8 Å². The van der Waals surface area contributed by atoms with Gasteiger partial charge in [-0.25, -0.2) is 9.97 Å². The Balaban J connectivity index is 1.59. The number of amides is 1. The van der Waals surface area contributed by atoms with Crippen LogP contribution in [0.5, 0.6) is 0 Å². The molecule has 3 rings (SSSR count). The third-order valence-corrected chi connectivity index (χ3v) is 4.86. The number of nitrogens with zero attached hydrogens (tertiary/aromatic N) is 4. The molecule has 1 saturated heterocycles. The first-order chi connectivity index (χ1) is 13.0. The van der Waals surface area contributed by atoms with Crippen LogP contribution in [0.25, 0.3) is 0 Å². The molecule has 0 radical (unpaired) electrons. The Bertz CT molecular complexity index is 769. The van der Waals surface area contributed by atoms with Crippen molar-refractivity contribution in [1.82, 2.24) is 15.3 Å². The number of benzene rings is 1. The van der Waals surface area contributed by atoms with Gasteiger partial charge in [0.25, 0.3) is 5.91 Å². The lowest BCUT2D eigenvalue weighted by molar-refractivity contribution is 0.0947. The summed E-state index contributed by atoms with van der Waals surface area (Å²) < 4.78 is 0. The lowest BCUT2D eigenvalue weighted by Gasteiger charge is -2.36. The summed E-state index contributed by atoms with van der Waals surface area (Å²) in [6.07, 6.45) is 2.45. The fourth-order valence-electron chi connectivity index (χ4n) is 3.23. The molecule has 0 bridgehead atoms. The molecule has 6 heteroatoms. The summed E-state index contributed by atoms with van der Waals surface area (Å²) in [6.45, 7) is 10.7. The average Bonchev–Trinajstić information content (AvgIpc) is 2.68. The van der Waals surface area contributed by atoms with Crippen molar-refractivity contribution in [2.75, 3.05) is 42.5 Å². The zero-order valence-corrected chi connectivity index (χ0v) is 16.5. The fraction of sp³-hybridized carbons (Fsp3) is 0.476. The van der Waals surface area contributed by atoms with Crippen LogP contribution in [0.3, 0.4) is 0 Å². The molecule has 2 heterocycles. The fourth-order valence-corrected chi connectivity index (χ4v) is 3.23. The van der Waals surface area contributed by atoms with Gasteiger partial charge in [-0.3, -0.25) is 4.79 Å². The van der Waals surface area contributed by atoms with Crippen LogP contribution in [-0.4, -0.2) is 48.6 Å². The number of carbonyl (C=O) groups is 1. The number of anilines is 2. The minimum atomic E-state index is -0.127. The second-order valence-corrected chi connectivity index (χ2v) is 7.51. The number of nitrogens with one attached hydrogen (secondary N) is 1. The van der Waals surface area contributed by atoms with Crippen LogP contribution in [0.2, 0.25) is 0 Å². The van der Waals surface area contributed by atoms with Crippen molar-refractivity contribution < 1.29 is 4.79 Å². The number of carbonyl (C=O) groups excluding carboxylic acids is 1. The number of hydrogen-bond donors (Lipinski definition) is 1. The van der Waals surface area contributed by atoms with E-state index < -0.39 is 0 Å². The minimum absolute atomic E-state index is 0.127. The van der Waals surface area contributed by atoms with Gasteiger partial charge < -0.3 is 15.1 Å². The Hall–Kier alpha value is -2.63. The normalized spacial score (nSPS) is 14.5. The molecule has 0 saturated carbocycles. The molecule has 6 nitrogen and oxygen atoms in total. The molecule has 1 aromatic heterocycles. The summed E-state index contributed by atoms with van der Waals surface area (Å²) in [7, 11) is 0. The standard InChI is InChI=1S/C21H29N5O/c1-16(2)7-8-22-21(27)19-14-20(24-15-23-19)26-11-9-25(10-12-26)18-6-4-5-17(3)13-18/h4-6,13-16H,7-12H2,1-3H3,(H,22,27). The van der Waals surface area contributed by atoms with E-state index in [9.17, 15) is 4.79 Å². The SMILES string of the molecule is Cc1cccc(N2CCN(c3cc(C(=O)NCCC(C)C)ncn3)CC2)c1. The zero-order valence-electron chi connectivity index (χ0n) is 16.5. The summed E-state index contributed by atoms with van der Waals surface area (Å²) in [5, 5.41) is 2.94. The molecule has 2 aromatic rings. The molecule has 0 spiro atoms. The molecular weight excluding hydrogens is 338 g/mol. The molecule has 0 aliphatic carbocycles. The van der Waals surface area contributed by atoms with Crippen molar-refractivity contribution in [2.45, 2.75) is 27.2 Å². The molecule has 0 atom stereocenters. The number of aryl methyl sites for hydroxylation is 1. The molecule has 1 N–H and O–H groups in total. The molecule has 0 unspecified atom stereocenters. The first-order valence-electron chi connectivity index (χ1n) is 9.70. The highest BCUT2D eigenvalue weighted by Crippen LogP contribution is 2.20. The van der Waals surface area contributed by atoms with E-state index in [1.54, 1.807) is 6.07 Å². The largest absolute Gasteiger partial charge is 0.368 e. The summed E-state index contributed by atoms with van der Waals surface area (Å²) in [6, 6.07) is 10.4.